The Morgan fingerprint density at radius 1 is 1.39 bits per heavy atom. The number of nitrogens with one attached hydrogen (secondary N) is 3. The van der Waals surface area contributed by atoms with Crippen LogP contribution in [0.4, 0.5) is 11.8 Å². The average molecular weight is 252 g/mol. The second-order valence-electron chi connectivity index (χ2n) is 5.01. The van der Waals surface area contributed by atoms with Crippen LogP contribution in [0.15, 0.2) is 6.07 Å². The van der Waals surface area contributed by atoms with E-state index in [0.29, 0.717) is 11.8 Å². The fourth-order valence-corrected chi connectivity index (χ4v) is 1.36. The number of hydrogen-bond donors (Lipinski definition) is 4. The molecule has 0 bridgehead atoms. The van der Waals surface area contributed by atoms with Gasteiger partial charge in [0.05, 0.1) is 6.54 Å². The molecular formula is C11H20N6O. The summed E-state index contributed by atoms with van der Waals surface area (Å²) in [6.45, 7) is 7.75. The van der Waals surface area contributed by atoms with Crippen LogP contribution >= 0.6 is 0 Å². The Hall–Kier alpha value is -1.89. The number of hydrazine groups is 1. The fourth-order valence-electron chi connectivity index (χ4n) is 1.36. The summed E-state index contributed by atoms with van der Waals surface area (Å²) in [5.41, 5.74) is 2.89. The zero-order chi connectivity index (χ0) is 13.8. The molecule has 1 rings (SSSR count). The number of hydrogen-bond acceptors (Lipinski definition) is 6. The molecule has 18 heavy (non-hydrogen) atoms. The lowest BCUT2D eigenvalue weighted by Crippen LogP contribution is -2.43. The molecule has 0 saturated heterocycles. The van der Waals surface area contributed by atoms with Crippen molar-refractivity contribution in [3.05, 3.63) is 11.8 Å². The summed E-state index contributed by atoms with van der Waals surface area (Å²) in [5.74, 6) is 6.02. The van der Waals surface area contributed by atoms with Crippen LogP contribution in [0.5, 0.6) is 0 Å². The first-order chi connectivity index (χ1) is 8.30. The molecular weight excluding hydrogens is 232 g/mol. The lowest BCUT2D eigenvalue weighted by Gasteiger charge is -2.20. The van der Waals surface area contributed by atoms with E-state index >= 15 is 0 Å². The second kappa shape index (κ2) is 5.63. The zero-order valence-electron chi connectivity index (χ0n) is 11.2. The Morgan fingerprint density at radius 3 is 2.61 bits per heavy atom. The van der Waals surface area contributed by atoms with E-state index in [1.807, 2.05) is 27.7 Å². The van der Waals surface area contributed by atoms with Crippen LogP contribution in [0.1, 0.15) is 26.5 Å². The molecule has 1 heterocycles. The van der Waals surface area contributed by atoms with Crippen molar-refractivity contribution in [3.8, 4) is 0 Å². The van der Waals surface area contributed by atoms with Crippen molar-refractivity contribution in [1.29, 1.82) is 0 Å². The molecule has 100 valence electrons. The second-order valence-corrected chi connectivity index (χ2v) is 5.01. The van der Waals surface area contributed by atoms with E-state index in [-0.39, 0.29) is 18.0 Å². The van der Waals surface area contributed by atoms with E-state index in [4.69, 9.17) is 5.84 Å². The number of nitrogens with two attached hydrogens (primary N) is 1. The Kier molecular flexibility index (Phi) is 4.43. The number of carbonyl (C=O) groups is 1. The summed E-state index contributed by atoms with van der Waals surface area (Å²) in [6, 6.07) is 1.74. The third kappa shape index (κ3) is 4.96. The highest BCUT2D eigenvalue weighted by Crippen LogP contribution is 2.08. The third-order valence-electron chi connectivity index (χ3n) is 1.93. The van der Waals surface area contributed by atoms with E-state index < -0.39 is 0 Å². The highest BCUT2D eigenvalue weighted by molar-refractivity contribution is 5.81. The number of nitrogen functional groups attached to an aromatic ring is 1. The van der Waals surface area contributed by atoms with Crippen molar-refractivity contribution in [2.24, 2.45) is 5.84 Å². The van der Waals surface area contributed by atoms with Crippen LogP contribution in [-0.4, -0.2) is 28.0 Å². The number of amides is 1. The monoisotopic (exact) mass is 252 g/mol. The number of rotatable bonds is 4. The molecule has 7 nitrogen and oxygen atoms in total. The minimum Gasteiger partial charge on any atom is -0.361 e. The van der Waals surface area contributed by atoms with E-state index in [2.05, 4.69) is 26.0 Å². The fraction of sp³-hybridized carbons (Fsp3) is 0.545. The number of nitrogens with zero attached hydrogens (tertiary/aromatic N) is 2. The quantitative estimate of drug-likeness (QED) is 0.456. The molecule has 0 aliphatic rings. The standard InChI is InChI=1S/C11H20N6O/c1-7-5-8(15-10(14-7)17-12)13-6-9(18)16-11(2,3)4/h5H,6,12H2,1-4H3,(H,16,18)(H2,13,14,15,17). The van der Waals surface area contributed by atoms with Crippen molar-refractivity contribution in [2.45, 2.75) is 33.2 Å². The van der Waals surface area contributed by atoms with Gasteiger partial charge in [-0.05, 0) is 27.7 Å². The Bertz CT molecular complexity index is 426. The van der Waals surface area contributed by atoms with Gasteiger partial charge in [-0.1, -0.05) is 0 Å². The third-order valence-corrected chi connectivity index (χ3v) is 1.93. The van der Waals surface area contributed by atoms with Crippen LogP contribution in [0.3, 0.4) is 0 Å². The molecule has 0 unspecified atom stereocenters. The SMILES string of the molecule is Cc1cc(NCC(=O)NC(C)(C)C)nc(NN)n1. The Balaban J connectivity index is 2.58. The first-order valence-electron chi connectivity index (χ1n) is 5.67. The molecule has 5 N–H and O–H groups in total. The van der Waals surface area contributed by atoms with Gasteiger partial charge in [0.15, 0.2) is 0 Å². The van der Waals surface area contributed by atoms with Gasteiger partial charge in [-0.3, -0.25) is 10.2 Å². The van der Waals surface area contributed by atoms with Crippen LogP contribution in [-0.2, 0) is 4.79 Å². The Morgan fingerprint density at radius 2 is 2.06 bits per heavy atom. The maximum absolute atomic E-state index is 11.6. The van der Waals surface area contributed by atoms with Crippen molar-refractivity contribution in [3.63, 3.8) is 0 Å². The molecule has 7 heteroatoms. The van der Waals surface area contributed by atoms with Crippen molar-refractivity contribution in [2.75, 3.05) is 17.3 Å². The van der Waals surface area contributed by atoms with Gasteiger partial charge in [-0.25, -0.2) is 10.8 Å². The summed E-state index contributed by atoms with van der Waals surface area (Å²) >= 11 is 0. The largest absolute Gasteiger partial charge is 0.361 e. The molecule has 0 spiro atoms. The first-order valence-corrected chi connectivity index (χ1v) is 5.67. The van der Waals surface area contributed by atoms with E-state index in [0.717, 1.165) is 5.69 Å². The molecule has 0 aromatic carbocycles. The van der Waals surface area contributed by atoms with Gasteiger partial charge in [-0.15, -0.1) is 0 Å². The smallest absolute Gasteiger partial charge is 0.239 e. The van der Waals surface area contributed by atoms with Crippen LogP contribution in [0.25, 0.3) is 0 Å². The van der Waals surface area contributed by atoms with Crippen LogP contribution in [0.2, 0.25) is 0 Å². The number of aromatic nitrogens is 2. The summed E-state index contributed by atoms with van der Waals surface area (Å²) in [6.07, 6.45) is 0. The van der Waals surface area contributed by atoms with E-state index in [9.17, 15) is 4.79 Å². The van der Waals surface area contributed by atoms with E-state index in [1.54, 1.807) is 6.07 Å². The minimum absolute atomic E-state index is 0.0963. The van der Waals surface area contributed by atoms with Gasteiger partial charge in [0.2, 0.25) is 11.9 Å². The summed E-state index contributed by atoms with van der Waals surface area (Å²) in [5, 5.41) is 5.77. The summed E-state index contributed by atoms with van der Waals surface area (Å²) in [4.78, 5) is 19.7. The highest BCUT2D eigenvalue weighted by atomic mass is 16.2. The molecule has 0 aliphatic heterocycles. The van der Waals surface area contributed by atoms with Gasteiger partial charge in [-0.2, -0.15) is 4.98 Å². The number of anilines is 2. The van der Waals surface area contributed by atoms with E-state index in [1.165, 1.54) is 0 Å². The van der Waals surface area contributed by atoms with Gasteiger partial charge in [0.1, 0.15) is 5.82 Å². The van der Waals surface area contributed by atoms with Gasteiger partial charge in [0.25, 0.3) is 0 Å². The zero-order valence-corrected chi connectivity index (χ0v) is 11.2. The molecule has 1 amide bonds. The van der Waals surface area contributed by atoms with Gasteiger partial charge in [0, 0.05) is 17.3 Å². The topological polar surface area (TPSA) is 105 Å². The molecule has 0 saturated carbocycles. The van der Waals surface area contributed by atoms with Crippen molar-refractivity contribution >= 4 is 17.7 Å². The molecule has 0 atom stereocenters. The molecule has 0 aliphatic carbocycles. The van der Waals surface area contributed by atoms with Crippen molar-refractivity contribution < 1.29 is 4.79 Å². The van der Waals surface area contributed by atoms with Crippen LogP contribution in [0, 0.1) is 6.92 Å². The van der Waals surface area contributed by atoms with Crippen molar-refractivity contribution in [1.82, 2.24) is 15.3 Å². The molecule has 0 fully saturated rings. The molecule has 1 aromatic rings. The highest BCUT2D eigenvalue weighted by Gasteiger charge is 2.13. The first kappa shape index (κ1) is 14.2. The minimum atomic E-state index is -0.246. The normalized spacial score (nSPS) is 10.9. The number of carbonyl (C=O) groups excluding carboxylic acids is 1. The number of aryl methyl sites for hydroxylation is 1. The lowest BCUT2D eigenvalue weighted by molar-refractivity contribution is -0.120. The van der Waals surface area contributed by atoms with Gasteiger partial charge < -0.3 is 10.6 Å². The average Bonchev–Trinajstić information content (AvgIpc) is 2.23. The summed E-state index contributed by atoms with van der Waals surface area (Å²) < 4.78 is 0. The predicted octanol–water partition coefficient (Wildman–Crippen LogP) is 0.397. The maximum Gasteiger partial charge on any atom is 0.239 e. The molecule has 1 aromatic heterocycles. The predicted molar refractivity (Wildman–Crippen MR) is 71.0 cm³/mol. The lowest BCUT2D eigenvalue weighted by atomic mass is 10.1. The van der Waals surface area contributed by atoms with Gasteiger partial charge >= 0.3 is 0 Å². The molecule has 0 radical (unpaired) electrons. The Labute approximate surface area is 107 Å². The summed E-state index contributed by atoms with van der Waals surface area (Å²) in [7, 11) is 0. The maximum atomic E-state index is 11.6. The van der Waals surface area contributed by atoms with Crippen LogP contribution < -0.4 is 21.9 Å².